The largest absolute Gasteiger partial charge is 0.480 e. The van der Waals surface area contributed by atoms with Crippen molar-refractivity contribution in [2.45, 2.75) is 13.0 Å². The number of carboxylic acids is 1. The zero-order valence-electron chi connectivity index (χ0n) is 10.1. The van der Waals surface area contributed by atoms with Gasteiger partial charge in [0.05, 0.1) is 0 Å². The van der Waals surface area contributed by atoms with Crippen molar-refractivity contribution in [1.29, 1.82) is 0 Å². The minimum absolute atomic E-state index is 0.240. The summed E-state index contributed by atoms with van der Waals surface area (Å²) in [6.45, 7) is 1.36. The Morgan fingerprint density at radius 3 is 2.22 bits per heavy atom. The lowest BCUT2D eigenvalue weighted by Gasteiger charge is -2.09. The first-order valence-electron chi connectivity index (χ1n) is 5.31. The second-order valence-electron chi connectivity index (χ2n) is 3.69. The highest BCUT2D eigenvalue weighted by Crippen LogP contribution is 2.05. The number of hydrogen-bond donors (Lipinski definition) is 3. The molecule has 6 nitrogen and oxygen atoms in total. The number of carboxylic acid groups (broad SMARTS) is 1. The molecule has 0 spiro atoms. The second-order valence-corrected chi connectivity index (χ2v) is 3.69. The zero-order chi connectivity index (χ0) is 13.7. The highest BCUT2D eigenvalue weighted by atomic mass is 16.4. The van der Waals surface area contributed by atoms with Gasteiger partial charge < -0.3 is 15.7 Å². The highest BCUT2D eigenvalue weighted by Gasteiger charge is 2.16. The average molecular weight is 250 g/mol. The summed E-state index contributed by atoms with van der Waals surface area (Å²) in [5, 5.41) is 13.4. The number of aliphatic carboxylic acids is 1. The van der Waals surface area contributed by atoms with Gasteiger partial charge in [0.15, 0.2) is 0 Å². The summed E-state index contributed by atoms with van der Waals surface area (Å²) in [6, 6.07) is 5.06. The summed E-state index contributed by atoms with van der Waals surface area (Å²) in [6.07, 6.45) is 0. The van der Waals surface area contributed by atoms with Crippen LogP contribution in [0.4, 0.5) is 0 Å². The van der Waals surface area contributed by atoms with E-state index in [1.807, 2.05) is 0 Å². The van der Waals surface area contributed by atoms with Gasteiger partial charge in [-0.2, -0.15) is 0 Å². The molecule has 3 N–H and O–H groups in total. The minimum Gasteiger partial charge on any atom is -0.480 e. The predicted molar refractivity (Wildman–Crippen MR) is 64.4 cm³/mol. The third-order valence-corrected chi connectivity index (χ3v) is 2.33. The van der Waals surface area contributed by atoms with Crippen LogP contribution in [0.1, 0.15) is 27.6 Å². The van der Waals surface area contributed by atoms with Crippen molar-refractivity contribution in [3.63, 3.8) is 0 Å². The third kappa shape index (κ3) is 3.31. The van der Waals surface area contributed by atoms with E-state index >= 15 is 0 Å². The predicted octanol–water partition coefficient (Wildman–Crippen LogP) is 0.249. The Morgan fingerprint density at radius 1 is 1.17 bits per heavy atom. The Kier molecular flexibility index (Phi) is 4.42. The van der Waals surface area contributed by atoms with Crippen LogP contribution < -0.4 is 10.6 Å². The maximum absolute atomic E-state index is 11.7. The van der Waals surface area contributed by atoms with Gasteiger partial charge in [-0.15, -0.1) is 0 Å². The maximum atomic E-state index is 11.7. The molecule has 1 aromatic rings. The Hall–Kier alpha value is -2.37. The second kappa shape index (κ2) is 5.81. The van der Waals surface area contributed by atoms with Gasteiger partial charge in [0.1, 0.15) is 6.04 Å². The van der Waals surface area contributed by atoms with Gasteiger partial charge in [-0.05, 0) is 25.1 Å². The van der Waals surface area contributed by atoms with Crippen molar-refractivity contribution in [3.05, 3.63) is 35.4 Å². The summed E-state index contributed by atoms with van der Waals surface area (Å²) in [7, 11) is 1.49. The smallest absolute Gasteiger partial charge is 0.325 e. The van der Waals surface area contributed by atoms with Crippen LogP contribution >= 0.6 is 0 Å². The molecule has 0 bridgehead atoms. The van der Waals surface area contributed by atoms with Gasteiger partial charge in [0.25, 0.3) is 11.8 Å². The van der Waals surface area contributed by atoms with Crippen LogP contribution in [0.3, 0.4) is 0 Å². The Bertz CT molecular complexity index is 485. The molecule has 6 heteroatoms. The Morgan fingerprint density at radius 2 is 1.72 bits per heavy atom. The SMILES string of the molecule is CNC(=O)c1cccc(C(=O)N[C@@H](C)C(=O)O)c1. The van der Waals surface area contributed by atoms with Gasteiger partial charge in [-0.25, -0.2) is 0 Å². The maximum Gasteiger partial charge on any atom is 0.325 e. The van der Waals surface area contributed by atoms with Crippen molar-refractivity contribution in [2.75, 3.05) is 7.05 Å². The van der Waals surface area contributed by atoms with Gasteiger partial charge in [0, 0.05) is 18.2 Å². The number of carbonyl (C=O) groups is 3. The molecule has 96 valence electrons. The van der Waals surface area contributed by atoms with E-state index in [0.717, 1.165) is 0 Å². The molecular weight excluding hydrogens is 236 g/mol. The molecule has 2 amide bonds. The molecule has 1 rings (SSSR count). The van der Waals surface area contributed by atoms with E-state index in [1.165, 1.54) is 26.1 Å². The summed E-state index contributed by atoms with van der Waals surface area (Å²) in [5.41, 5.74) is 0.581. The number of carbonyl (C=O) groups excluding carboxylic acids is 2. The fourth-order valence-corrected chi connectivity index (χ4v) is 1.29. The van der Waals surface area contributed by atoms with E-state index in [4.69, 9.17) is 5.11 Å². The number of nitrogens with one attached hydrogen (secondary N) is 2. The highest BCUT2D eigenvalue weighted by molar-refractivity contribution is 6.00. The first kappa shape index (κ1) is 13.7. The summed E-state index contributed by atoms with van der Waals surface area (Å²) in [5.74, 6) is -1.96. The van der Waals surface area contributed by atoms with Gasteiger partial charge in [0.2, 0.25) is 0 Å². The van der Waals surface area contributed by atoms with Gasteiger partial charge >= 0.3 is 5.97 Å². The molecule has 0 fully saturated rings. The quantitative estimate of drug-likeness (QED) is 0.713. The molecule has 0 aliphatic rings. The Labute approximate surface area is 104 Å². The van der Waals surface area contributed by atoms with Crippen LogP contribution in [0, 0.1) is 0 Å². The summed E-state index contributed by atoms with van der Waals surface area (Å²) >= 11 is 0. The van der Waals surface area contributed by atoms with Crippen molar-refractivity contribution >= 4 is 17.8 Å². The van der Waals surface area contributed by atoms with Crippen LogP contribution in [0.25, 0.3) is 0 Å². The van der Waals surface area contributed by atoms with Crippen LogP contribution in [-0.4, -0.2) is 36.0 Å². The lowest BCUT2D eigenvalue weighted by Crippen LogP contribution is -2.38. The molecule has 1 aromatic carbocycles. The van der Waals surface area contributed by atoms with E-state index in [0.29, 0.717) is 5.56 Å². The standard InChI is InChI=1S/C12H14N2O4/c1-7(12(17)18)14-11(16)9-5-3-4-8(6-9)10(15)13-2/h3-7H,1-2H3,(H,13,15)(H,14,16)(H,17,18)/t7-/m0/s1. The molecular formula is C12H14N2O4. The minimum atomic E-state index is -1.12. The van der Waals surface area contributed by atoms with E-state index in [9.17, 15) is 14.4 Å². The topological polar surface area (TPSA) is 95.5 Å². The van der Waals surface area contributed by atoms with E-state index in [1.54, 1.807) is 12.1 Å². The normalized spacial score (nSPS) is 11.4. The average Bonchev–Trinajstić information content (AvgIpc) is 2.37. The molecule has 0 unspecified atom stereocenters. The van der Waals surface area contributed by atoms with E-state index in [-0.39, 0.29) is 11.5 Å². The molecule has 0 saturated carbocycles. The van der Waals surface area contributed by atoms with Crippen molar-refractivity contribution in [2.24, 2.45) is 0 Å². The summed E-state index contributed by atoms with van der Waals surface area (Å²) in [4.78, 5) is 33.7. The number of rotatable bonds is 4. The fraction of sp³-hybridized carbons (Fsp3) is 0.250. The number of benzene rings is 1. The summed E-state index contributed by atoms with van der Waals surface area (Å²) < 4.78 is 0. The Balaban J connectivity index is 2.87. The molecule has 0 aliphatic heterocycles. The van der Waals surface area contributed by atoms with Crippen LogP contribution in [0.5, 0.6) is 0 Å². The molecule has 18 heavy (non-hydrogen) atoms. The van der Waals surface area contributed by atoms with Crippen molar-refractivity contribution in [1.82, 2.24) is 10.6 Å². The lowest BCUT2D eigenvalue weighted by molar-refractivity contribution is -0.138. The molecule has 0 radical (unpaired) electrons. The number of hydrogen-bond acceptors (Lipinski definition) is 3. The molecule has 1 atom stereocenters. The van der Waals surface area contributed by atoms with Crippen LogP contribution in [-0.2, 0) is 4.79 Å². The first-order valence-corrected chi connectivity index (χ1v) is 5.31. The van der Waals surface area contributed by atoms with Gasteiger partial charge in [-0.1, -0.05) is 6.07 Å². The van der Waals surface area contributed by atoms with Crippen LogP contribution in [0.2, 0.25) is 0 Å². The number of amides is 2. The molecule has 0 heterocycles. The molecule has 0 aromatic heterocycles. The van der Waals surface area contributed by atoms with E-state index < -0.39 is 17.9 Å². The monoisotopic (exact) mass is 250 g/mol. The van der Waals surface area contributed by atoms with Crippen LogP contribution in [0.15, 0.2) is 24.3 Å². The molecule has 0 aliphatic carbocycles. The molecule has 0 saturated heterocycles. The van der Waals surface area contributed by atoms with Crippen molar-refractivity contribution < 1.29 is 19.5 Å². The van der Waals surface area contributed by atoms with E-state index in [2.05, 4.69) is 10.6 Å². The zero-order valence-corrected chi connectivity index (χ0v) is 10.1. The van der Waals surface area contributed by atoms with Gasteiger partial charge in [-0.3, -0.25) is 14.4 Å². The first-order chi connectivity index (χ1) is 8.45. The van der Waals surface area contributed by atoms with Crippen molar-refractivity contribution in [3.8, 4) is 0 Å². The third-order valence-electron chi connectivity index (χ3n) is 2.33. The lowest BCUT2D eigenvalue weighted by atomic mass is 10.1. The fourth-order valence-electron chi connectivity index (χ4n) is 1.29.